The maximum absolute atomic E-state index is 12.7. The van der Waals surface area contributed by atoms with Crippen molar-refractivity contribution in [3.63, 3.8) is 0 Å². The molecule has 0 unspecified atom stereocenters. The topological polar surface area (TPSA) is 56.9 Å². The first kappa shape index (κ1) is 18.5. The molecule has 1 aromatic heterocycles. The normalized spacial score (nSPS) is 25.2. The summed E-state index contributed by atoms with van der Waals surface area (Å²) in [4.78, 5) is 16.8. The molecule has 1 saturated carbocycles. The average molecular weight is 348 g/mol. The fourth-order valence-electron chi connectivity index (χ4n) is 4.18. The smallest absolute Gasteiger partial charge is 0.237 e. The summed E-state index contributed by atoms with van der Waals surface area (Å²) in [6, 6.07) is 4.36. The number of β-amino-alcohol motifs (C(OH)–C–C–N with tert-alkyl or cyclic N) is 1. The van der Waals surface area contributed by atoms with E-state index in [2.05, 4.69) is 11.8 Å². The lowest BCUT2D eigenvalue weighted by Crippen LogP contribution is -2.45. The SMILES string of the molecule is Cc1ccc([C@@H](C)CCN2CC(=O)N(C3CCCCC3)C[C@H](O)C2)o1. The molecule has 1 amide bonds. The van der Waals surface area contributed by atoms with Gasteiger partial charge >= 0.3 is 0 Å². The minimum absolute atomic E-state index is 0.185. The van der Waals surface area contributed by atoms with Crippen LogP contribution in [-0.4, -0.2) is 59.1 Å². The molecule has 0 aromatic carbocycles. The van der Waals surface area contributed by atoms with E-state index in [9.17, 15) is 9.90 Å². The Balaban J connectivity index is 1.55. The molecule has 140 valence electrons. The number of aliphatic hydroxyl groups excluding tert-OH is 1. The minimum atomic E-state index is -0.450. The van der Waals surface area contributed by atoms with Crippen LogP contribution in [0.15, 0.2) is 16.5 Å². The zero-order valence-electron chi connectivity index (χ0n) is 15.6. The average Bonchev–Trinajstić information content (AvgIpc) is 2.98. The fourth-order valence-corrected chi connectivity index (χ4v) is 4.18. The van der Waals surface area contributed by atoms with Crippen LogP contribution >= 0.6 is 0 Å². The second-order valence-corrected chi connectivity index (χ2v) is 7.87. The van der Waals surface area contributed by atoms with Gasteiger partial charge in [-0.3, -0.25) is 9.69 Å². The number of aliphatic hydroxyl groups is 1. The Labute approximate surface area is 151 Å². The van der Waals surface area contributed by atoms with E-state index in [1.807, 2.05) is 24.0 Å². The Morgan fingerprint density at radius 1 is 1.24 bits per heavy atom. The molecular formula is C20H32N2O3. The number of furan rings is 1. The molecule has 2 aliphatic rings. The third-order valence-corrected chi connectivity index (χ3v) is 5.70. The van der Waals surface area contributed by atoms with Crippen molar-refractivity contribution in [2.45, 2.75) is 70.4 Å². The van der Waals surface area contributed by atoms with Crippen molar-refractivity contribution < 1.29 is 14.3 Å². The van der Waals surface area contributed by atoms with E-state index in [4.69, 9.17) is 4.42 Å². The van der Waals surface area contributed by atoms with Gasteiger partial charge in [-0.1, -0.05) is 26.2 Å². The summed E-state index contributed by atoms with van der Waals surface area (Å²) < 4.78 is 5.71. The predicted octanol–water partition coefficient (Wildman–Crippen LogP) is 2.92. The van der Waals surface area contributed by atoms with Crippen LogP contribution in [0.1, 0.15) is 62.9 Å². The molecule has 0 bridgehead atoms. The molecule has 1 aromatic rings. The van der Waals surface area contributed by atoms with Gasteiger partial charge in [0.1, 0.15) is 11.5 Å². The van der Waals surface area contributed by atoms with Crippen molar-refractivity contribution in [1.29, 1.82) is 0 Å². The standard InChI is InChI=1S/C20H32N2O3/c1-15(19-9-8-16(2)25-19)10-11-21-12-18(23)13-22(20(24)14-21)17-6-4-3-5-7-17/h8-9,15,17-18,23H,3-7,10-14H2,1-2H3/t15-,18+/m0/s1. The molecule has 2 heterocycles. The molecule has 1 N–H and O–H groups in total. The molecule has 25 heavy (non-hydrogen) atoms. The van der Waals surface area contributed by atoms with E-state index in [0.717, 1.165) is 37.3 Å². The Hall–Kier alpha value is -1.33. The molecule has 1 aliphatic heterocycles. The van der Waals surface area contributed by atoms with Crippen molar-refractivity contribution in [3.8, 4) is 0 Å². The molecule has 0 radical (unpaired) electrons. The number of rotatable bonds is 5. The first-order valence-corrected chi connectivity index (χ1v) is 9.79. The van der Waals surface area contributed by atoms with Gasteiger partial charge in [0.15, 0.2) is 0 Å². The molecule has 1 aliphatic carbocycles. The summed E-state index contributed by atoms with van der Waals surface area (Å²) in [6.07, 6.45) is 6.34. The van der Waals surface area contributed by atoms with E-state index in [1.165, 1.54) is 19.3 Å². The van der Waals surface area contributed by atoms with Crippen LogP contribution in [0, 0.1) is 6.92 Å². The van der Waals surface area contributed by atoms with Crippen LogP contribution in [0.5, 0.6) is 0 Å². The second-order valence-electron chi connectivity index (χ2n) is 7.87. The summed E-state index contributed by atoms with van der Waals surface area (Å²) in [6.45, 7) is 6.42. The maximum atomic E-state index is 12.7. The minimum Gasteiger partial charge on any atom is -0.466 e. The quantitative estimate of drug-likeness (QED) is 0.889. The van der Waals surface area contributed by atoms with Gasteiger partial charge in [-0.05, 0) is 44.9 Å². The summed E-state index contributed by atoms with van der Waals surface area (Å²) in [5.74, 6) is 2.44. The number of carbonyl (C=O) groups excluding carboxylic acids is 1. The lowest BCUT2D eigenvalue weighted by molar-refractivity contribution is -0.134. The van der Waals surface area contributed by atoms with Gasteiger partial charge in [0, 0.05) is 25.0 Å². The Bertz CT molecular complexity index is 565. The summed E-state index contributed by atoms with van der Waals surface area (Å²) in [7, 11) is 0. The van der Waals surface area contributed by atoms with Gasteiger partial charge in [0.05, 0.1) is 12.6 Å². The lowest BCUT2D eigenvalue weighted by atomic mass is 9.94. The first-order valence-electron chi connectivity index (χ1n) is 9.79. The van der Waals surface area contributed by atoms with E-state index in [0.29, 0.717) is 31.6 Å². The molecule has 2 fully saturated rings. The van der Waals surface area contributed by atoms with Crippen LogP contribution in [-0.2, 0) is 4.79 Å². The number of amides is 1. The van der Waals surface area contributed by atoms with Crippen molar-refractivity contribution in [2.24, 2.45) is 0 Å². The number of hydrogen-bond donors (Lipinski definition) is 1. The molecule has 2 atom stereocenters. The van der Waals surface area contributed by atoms with E-state index in [-0.39, 0.29) is 5.91 Å². The Kier molecular flexibility index (Phi) is 6.18. The highest BCUT2D eigenvalue weighted by atomic mass is 16.3. The van der Waals surface area contributed by atoms with Crippen LogP contribution in [0.4, 0.5) is 0 Å². The molecule has 5 heteroatoms. The molecule has 1 saturated heterocycles. The third kappa shape index (κ3) is 4.85. The van der Waals surface area contributed by atoms with Crippen molar-refractivity contribution in [3.05, 3.63) is 23.7 Å². The molecular weight excluding hydrogens is 316 g/mol. The van der Waals surface area contributed by atoms with Gasteiger partial charge in [0.25, 0.3) is 0 Å². The van der Waals surface area contributed by atoms with Gasteiger partial charge in [0.2, 0.25) is 5.91 Å². The monoisotopic (exact) mass is 348 g/mol. The van der Waals surface area contributed by atoms with Crippen LogP contribution in [0.2, 0.25) is 0 Å². The van der Waals surface area contributed by atoms with E-state index >= 15 is 0 Å². The van der Waals surface area contributed by atoms with Crippen LogP contribution < -0.4 is 0 Å². The van der Waals surface area contributed by atoms with Crippen LogP contribution in [0.25, 0.3) is 0 Å². The Morgan fingerprint density at radius 3 is 2.68 bits per heavy atom. The lowest BCUT2D eigenvalue weighted by Gasteiger charge is -2.34. The first-order chi connectivity index (χ1) is 12.0. The van der Waals surface area contributed by atoms with Crippen molar-refractivity contribution >= 4 is 5.91 Å². The molecule has 5 nitrogen and oxygen atoms in total. The maximum Gasteiger partial charge on any atom is 0.237 e. The van der Waals surface area contributed by atoms with Crippen LogP contribution in [0.3, 0.4) is 0 Å². The molecule has 0 spiro atoms. The highest BCUT2D eigenvalue weighted by Crippen LogP contribution is 2.25. The number of hydrogen-bond acceptors (Lipinski definition) is 4. The third-order valence-electron chi connectivity index (χ3n) is 5.70. The van der Waals surface area contributed by atoms with Gasteiger partial charge in [-0.25, -0.2) is 0 Å². The highest BCUT2D eigenvalue weighted by Gasteiger charge is 2.32. The van der Waals surface area contributed by atoms with Gasteiger partial charge < -0.3 is 14.4 Å². The number of carbonyl (C=O) groups is 1. The zero-order chi connectivity index (χ0) is 17.8. The Morgan fingerprint density at radius 2 is 2.00 bits per heavy atom. The fraction of sp³-hybridized carbons (Fsp3) is 0.750. The second kappa shape index (κ2) is 8.37. The summed E-state index contributed by atoms with van der Waals surface area (Å²) in [5.41, 5.74) is 0. The van der Waals surface area contributed by atoms with Crippen molar-refractivity contribution in [2.75, 3.05) is 26.2 Å². The summed E-state index contributed by atoms with van der Waals surface area (Å²) >= 11 is 0. The predicted molar refractivity (Wildman–Crippen MR) is 97.5 cm³/mol. The highest BCUT2D eigenvalue weighted by molar-refractivity contribution is 5.79. The van der Waals surface area contributed by atoms with Gasteiger partial charge in [-0.2, -0.15) is 0 Å². The van der Waals surface area contributed by atoms with E-state index < -0.39 is 6.10 Å². The molecule has 3 rings (SSSR count). The largest absolute Gasteiger partial charge is 0.466 e. The van der Waals surface area contributed by atoms with Gasteiger partial charge in [-0.15, -0.1) is 0 Å². The van der Waals surface area contributed by atoms with E-state index in [1.54, 1.807) is 0 Å². The number of aryl methyl sites for hydroxylation is 1. The van der Waals surface area contributed by atoms with Crippen molar-refractivity contribution in [1.82, 2.24) is 9.80 Å². The number of nitrogens with zero attached hydrogens (tertiary/aromatic N) is 2. The zero-order valence-corrected chi connectivity index (χ0v) is 15.6. The summed E-state index contributed by atoms with van der Waals surface area (Å²) in [5, 5.41) is 10.4.